The van der Waals surface area contributed by atoms with Crippen molar-refractivity contribution in [1.29, 1.82) is 0 Å². The number of hydrogen-bond acceptors (Lipinski definition) is 5. The monoisotopic (exact) mass is 451 g/mol. The topological polar surface area (TPSA) is 57.1 Å². The predicted octanol–water partition coefficient (Wildman–Crippen LogP) is 5.72. The van der Waals surface area contributed by atoms with Crippen molar-refractivity contribution in [2.75, 3.05) is 7.11 Å². The van der Waals surface area contributed by atoms with Crippen LogP contribution in [0.5, 0.6) is 11.5 Å². The molecular formula is C25H19ClFNO4. The van der Waals surface area contributed by atoms with E-state index in [0.29, 0.717) is 33.2 Å². The molecule has 0 atom stereocenters. The molecule has 1 aliphatic heterocycles. The van der Waals surface area contributed by atoms with Crippen LogP contribution in [0.3, 0.4) is 0 Å². The summed E-state index contributed by atoms with van der Waals surface area (Å²) in [5, 5.41) is 0.564. The van der Waals surface area contributed by atoms with Crippen LogP contribution in [0.25, 0.3) is 6.08 Å². The average Bonchev–Trinajstić information content (AvgIpc) is 3.15. The van der Waals surface area contributed by atoms with Gasteiger partial charge in [0.05, 0.1) is 7.11 Å². The molecule has 0 saturated heterocycles. The van der Waals surface area contributed by atoms with Crippen molar-refractivity contribution in [1.82, 2.24) is 0 Å². The Balaban J connectivity index is 1.55. The largest absolute Gasteiger partial charge is 0.493 e. The van der Waals surface area contributed by atoms with E-state index in [-0.39, 0.29) is 24.0 Å². The molecule has 3 aromatic rings. The summed E-state index contributed by atoms with van der Waals surface area (Å²) in [5.41, 5.74) is 2.79. The molecule has 0 amide bonds. The lowest BCUT2D eigenvalue weighted by molar-refractivity contribution is -0.129. The van der Waals surface area contributed by atoms with Gasteiger partial charge in [0.2, 0.25) is 5.90 Å². The first-order valence-electron chi connectivity index (χ1n) is 9.78. The summed E-state index contributed by atoms with van der Waals surface area (Å²) >= 11 is 6.16. The highest BCUT2D eigenvalue weighted by Crippen LogP contribution is 2.31. The van der Waals surface area contributed by atoms with Gasteiger partial charge in [-0.25, -0.2) is 14.2 Å². The maximum atomic E-state index is 13.8. The molecule has 5 nitrogen and oxygen atoms in total. The number of methoxy groups -OCH3 is 1. The Bertz CT molecular complexity index is 1250. The minimum Gasteiger partial charge on any atom is -0.493 e. The van der Waals surface area contributed by atoms with Crippen LogP contribution in [0.15, 0.2) is 71.4 Å². The fraction of sp³-hybridized carbons (Fsp3) is 0.120. The number of esters is 1. The van der Waals surface area contributed by atoms with E-state index in [1.54, 1.807) is 54.6 Å². The van der Waals surface area contributed by atoms with Gasteiger partial charge in [-0.15, -0.1) is 0 Å². The zero-order valence-corrected chi connectivity index (χ0v) is 18.2. The van der Waals surface area contributed by atoms with Crippen molar-refractivity contribution >= 4 is 29.5 Å². The molecule has 0 saturated carbocycles. The van der Waals surface area contributed by atoms with Gasteiger partial charge in [-0.3, -0.25) is 0 Å². The van der Waals surface area contributed by atoms with Crippen molar-refractivity contribution in [3.05, 3.63) is 99.5 Å². The van der Waals surface area contributed by atoms with Crippen LogP contribution in [0.1, 0.15) is 22.3 Å². The third kappa shape index (κ3) is 4.65. The first-order valence-corrected chi connectivity index (χ1v) is 10.2. The molecular weight excluding hydrogens is 433 g/mol. The predicted molar refractivity (Wildman–Crippen MR) is 121 cm³/mol. The first kappa shape index (κ1) is 21.6. The molecule has 0 unspecified atom stereocenters. The number of carbonyl (C=O) groups is 1. The minimum atomic E-state index is -0.560. The number of hydrogen-bond donors (Lipinski definition) is 0. The van der Waals surface area contributed by atoms with Crippen molar-refractivity contribution in [2.45, 2.75) is 13.5 Å². The highest BCUT2D eigenvalue weighted by atomic mass is 35.5. The number of ether oxygens (including phenoxy) is 3. The molecule has 0 N–H and O–H groups in total. The fourth-order valence-electron chi connectivity index (χ4n) is 3.08. The van der Waals surface area contributed by atoms with Gasteiger partial charge in [-0.2, -0.15) is 0 Å². The summed E-state index contributed by atoms with van der Waals surface area (Å²) in [7, 11) is 1.50. The molecule has 0 aliphatic carbocycles. The Morgan fingerprint density at radius 1 is 1.09 bits per heavy atom. The van der Waals surface area contributed by atoms with E-state index in [1.807, 2.05) is 13.0 Å². The molecule has 0 radical (unpaired) electrons. The van der Waals surface area contributed by atoms with E-state index in [9.17, 15) is 9.18 Å². The molecule has 1 aliphatic rings. The average molecular weight is 452 g/mol. The second kappa shape index (κ2) is 9.24. The maximum absolute atomic E-state index is 13.8. The van der Waals surface area contributed by atoms with Crippen molar-refractivity contribution in [3.8, 4) is 11.5 Å². The highest BCUT2D eigenvalue weighted by Gasteiger charge is 2.24. The standard InChI is InChI=1S/C25H19ClFNO4/c1-15-7-9-17(13-19(15)26)24-28-21(25(29)32-24)11-16-8-10-22(23(12-16)30-2)31-14-18-5-3-4-6-20(18)27/h3-13H,14H2,1-2H3/b21-11-. The Morgan fingerprint density at radius 2 is 1.91 bits per heavy atom. The minimum absolute atomic E-state index is 0.0581. The lowest BCUT2D eigenvalue weighted by atomic mass is 10.1. The molecule has 0 fully saturated rings. The van der Waals surface area contributed by atoms with Crippen LogP contribution >= 0.6 is 11.6 Å². The molecule has 0 bridgehead atoms. The zero-order valence-electron chi connectivity index (χ0n) is 17.4. The lowest BCUT2D eigenvalue weighted by Gasteiger charge is -2.12. The van der Waals surface area contributed by atoms with Crippen molar-refractivity contribution in [3.63, 3.8) is 0 Å². The van der Waals surface area contributed by atoms with Gasteiger partial charge in [0.25, 0.3) is 0 Å². The van der Waals surface area contributed by atoms with Crippen LogP contribution in [-0.2, 0) is 16.1 Å². The zero-order chi connectivity index (χ0) is 22.7. The van der Waals surface area contributed by atoms with E-state index in [1.165, 1.54) is 13.2 Å². The molecule has 7 heteroatoms. The van der Waals surface area contributed by atoms with Crippen molar-refractivity contribution < 1.29 is 23.4 Å². The summed E-state index contributed by atoms with van der Waals surface area (Å²) in [5.74, 6) is 0.188. The number of carbonyl (C=O) groups excluding carboxylic acids is 1. The number of cyclic esters (lactones) is 1. The third-order valence-electron chi connectivity index (χ3n) is 4.87. The number of aryl methyl sites for hydroxylation is 1. The third-order valence-corrected chi connectivity index (χ3v) is 5.28. The Hall–Kier alpha value is -3.64. The second-order valence-corrected chi connectivity index (χ2v) is 7.50. The fourth-order valence-corrected chi connectivity index (χ4v) is 3.26. The summed E-state index contributed by atoms with van der Waals surface area (Å²) in [6.45, 7) is 1.94. The van der Waals surface area contributed by atoms with E-state index >= 15 is 0 Å². The number of halogens is 2. The summed E-state index contributed by atoms with van der Waals surface area (Å²) in [4.78, 5) is 16.6. The lowest BCUT2D eigenvalue weighted by Crippen LogP contribution is -2.05. The number of rotatable bonds is 6. The van der Waals surface area contributed by atoms with Gasteiger partial charge >= 0.3 is 5.97 Å². The molecule has 4 rings (SSSR count). The van der Waals surface area contributed by atoms with Gasteiger partial charge in [-0.05, 0) is 54.5 Å². The van der Waals surface area contributed by atoms with E-state index in [0.717, 1.165) is 5.56 Å². The van der Waals surface area contributed by atoms with Gasteiger partial charge in [0.15, 0.2) is 17.2 Å². The van der Waals surface area contributed by atoms with E-state index in [2.05, 4.69) is 4.99 Å². The van der Waals surface area contributed by atoms with Crippen LogP contribution in [0.4, 0.5) is 4.39 Å². The van der Waals surface area contributed by atoms with E-state index < -0.39 is 5.97 Å². The molecule has 3 aromatic carbocycles. The molecule has 162 valence electrons. The van der Waals surface area contributed by atoms with Crippen LogP contribution in [0.2, 0.25) is 5.02 Å². The van der Waals surface area contributed by atoms with Gasteiger partial charge in [-0.1, -0.05) is 41.9 Å². The molecule has 0 spiro atoms. The summed E-state index contributed by atoms with van der Waals surface area (Å²) in [6, 6.07) is 16.9. The number of nitrogens with zero attached hydrogens (tertiary/aromatic N) is 1. The van der Waals surface area contributed by atoms with Gasteiger partial charge in [0, 0.05) is 16.1 Å². The number of benzene rings is 3. The molecule has 0 aromatic heterocycles. The van der Waals surface area contributed by atoms with Crippen LogP contribution in [-0.4, -0.2) is 19.0 Å². The Labute approximate surface area is 189 Å². The van der Waals surface area contributed by atoms with Crippen molar-refractivity contribution in [2.24, 2.45) is 4.99 Å². The Kier molecular flexibility index (Phi) is 6.23. The van der Waals surface area contributed by atoms with Crippen LogP contribution in [0, 0.1) is 12.7 Å². The van der Waals surface area contributed by atoms with Gasteiger partial charge in [0.1, 0.15) is 12.4 Å². The highest BCUT2D eigenvalue weighted by molar-refractivity contribution is 6.31. The quantitative estimate of drug-likeness (QED) is 0.355. The maximum Gasteiger partial charge on any atom is 0.363 e. The van der Waals surface area contributed by atoms with Gasteiger partial charge < -0.3 is 14.2 Å². The number of aliphatic imine (C=N–C) groups is 1. The summed E-state index contributed by atoms with van der Waals surface area (Å²) in [6.07, 6.45) is 1.59. The molecule has 1 heterocycles. The summed E-state index contributed by atoms with van der Waals surface area (Å²) < 4.78 is 30.2. The Morgan fingerprint density at radius 3 is 2.66 bits per heavy atom. The van der Waals surface area contributed by atoms with Crippen LogP contribution < -0.4 is 9.47 Å². The SMILES string of the molecule is COc1cc(/C=C2\N=C(c3ccc(C)c(Cl)c3)OC2=O)ccc1OCc1ccccc1F. The second-order valence-electron chi connectivity index (χ2n) is 7.09. The normalized spacial score (nSPS) is 14.3. The first-order chi connectivity index (χ1) is 15.4. The van der Waals surface area contributed by atoms with E-state index in [4.69, 9.17) is 25.8 Å². The smallest absolute Gasteiger partial charge is 0.363 e. The molecule has 32 heavy (non-hydrogen) atoms.